The number of urea groups is 1. The van der Waals surface area contributed by atoms with Crippen LogP contribution in [0.1, 0.15) is 16.7 Å². The van der Waals surface area contributed by atoms with Crippen molar-refractivity contribution >= 4 is 41.4 Å². The van der Waals surface area contributed by atoms with E-state index in [1.807, 2.05) is 13.0 Å². The largest absolute Gasteiger partial charge is 0.493 e. The van der Waals surface area contributed by atoms with Crippen molar-refractivity contribution in [1.82, 2.24) is 5.32 Å². The molecule has 7 nitrogen and oxygen atoms in total. The Bertz CT molecular complexity index is 1330. The number of anilines is 1. The van der Waals surface area contributed by atoms with E-state index in [1.54, 1.807) is 48.2 Å². The number of rotatable bonds is 8. The molecule has 0 saturated carbocycles. The summed E-state index contributed by atoms with van der Waals surface area (Å²) < 4.78 is 11.4. The van der Waals surface area contributed by atoms with Gasteiger partial charge in [-0.05, 0) is 67.4 Å². The predicted octanol–water partition coefficient (Wildman–Crippen LogP) is 5.15. The molecule has 1 heterocycles. The van der Waals surface area contributed by atoms with Crippen LogP contribution in [0.2, 0.25) is 0 Å². The normalized spacial score (nSPS) is 14.7. The number of carbonyl (C=O) groups excluding carboxylic acids is 3. The van der Waals surface area contributed by atoms with Crippen molar-refractivity contribution in [2.45, 2.75) is 18.7 Å². The summed E-state index contributed by atoms with van der Waals surface area (Å²) in [6.45, 7) is 4.39. The summed E-state index contributed by atoms with van der Waals surface area (Å²) in [5.74, 6) is 0.346. The van der Waals surface area contributed by atoms with Gasteiger partial charge in [-0.15, -0.1) is 11.8 Å². The van der Waals surface area contributed by atoms with Crippen LogP contribution in [0.4, 0.5) is 10.5 Å². The van der Waals surface area contributed by atoms with Crippen LogP contribution < -0.4 is 19.7 Å². The van der Waals surface area contributed by atoms with E-state index in [1.165, 1.54) is 23.6 Å². The number of thioether (sulfide) groups is 1. The first-order chi connectivity index (χ1) is 17.4. The van der Waals surface area contributed by atoms with Gasteiger partial charge in [-0.2, -0.15) is 0 Å². The first-order valence-corrected chi connectivity index (χ1v) is 12.3. The number of carbonyl (C=O) groups is 3. The Morgan fingerprint density at radius 1 is 0.917 bits per heavy atom. The van der Waals surface area contributed by atoms with Gasteiger partial charge in [0.15, 0.2) is 11.5 Å². The third-order valence-electron chi connectivity index (χ3n) is 5.49. The van der Waals surface area contributed by atoms with Crippen molar-refractivity contribution in [3.63, 3.8) is 0 Å². The highest BCUT2D eigenvalue weighted by molar-refractivity contribution is 7.99. The summed E-state index contributed by atoms with van der Waals surface area (Å²) in [4.78, 5) is 40.1. The van der Waals surface area contributed by atoms with E-state index in [9.17, 15) is 14.4 Å². The molecule has 1 saturated heterocycles. The molecule has 0 aromatic heterocycles. The van der Waals surface area contributed by atoms with Gasteiger partial charge < -0.3 is 9.47 Å². The smallest absolute Gasteiger partial charge is 0.335 e. The van der Waals surface area contributed by atoms with Gasteiger partial charge >= 0.3 is 6.03 Å². The molecule has 36 heavy (non-hydrogen) atoms. The Morgan fingerprint density at radius 3 is 2.42 bits per heavy atom. The number of nitrogens with one attached hydrogen (secondary N) is 1. The average molecular weight is 503 g/mol. The molecular formula is C28H26N2O5S. The highest BCUT2D eigenvalue weighted by Gasteiger charge is 2.36. The number of imide groups is 2. The Hall–Kier alpha value is -4.04. The maximum Gasteiger partial charge on any atom is 0.335 e. The second-order valence-corrected chi connectivity index (χ2v) is 9.39. The summed E-state index contributed by atoms with van der Waals surface area (Å²) in [5.41, 5.74) is 2.90. The van der Waals surface area contributed by atoms with E-state index in [2.05, 4.69) is 36.5 Å². The molecule has 0 atom stereocenters. The summed E-state index contributed by atoms with van der Waals surface area (Å²) in [6.07, 6.45) is 1.44. The number of amides is 4. The van der Waals surface area contributed by atoms with Gasteiger partial charge in [0.2, 0.25) is 0 Å². The van der Waals surface area contributed by atoms with E-state index in [-0.39, 0.29) is 5.57 Å². The van der Waals surface area contributed by atoms with Crippen LogP contribution in [-0.2, 0) is 9.59 Å². The number of nitrogens with zero attached hydrogens (tertiary/aromatic N) is 1. The summed E-state index contributed by atoms with van der Waals surface area (Å²) in [5, 5.41) is 2.24. The molecule has 0 aliphatic carbocycles. The Kier molecular flexibility index (Phi) is 7.75. The number of benzene rings is 3. The maximum atomic E-state index is 13.1. The molecule has 0 bridgehead atoms. The van der Waals surface area contributed by atoms with Gasteiger partial charge in [0.05, 0.1) is 19.4 Å². The number of methoxy groups -OCH3 is 1. The first-order valence-electron chi connectivity index (χ1n) is 11.3. The van der Waals surface area contributed by atoms with Crippen molar-refractivity contribution in [1.29, 1.82) is 0 Å². The van der Waals surface area contributed by atoms with Gasteiger partial charge in [0, 0.05) is 10.6 Å². The van der Waals surface area contributed by atoms with Gasteiger partial charge in [-0.1, -0.05) is 35.9 Å². The molecular weight excluding hydrogens is 476 g/mol. The molecule has 3 aromatic rings. The van der Waals surface area contributed by atoms with E-state index in [0.717, 1.165) is 16.2 Å². The zero-order valence-corrected chi connectivity index (χ0v) is 21.1. The van der Waals surface area contributed by atoms with Crippen LogP contribution in [0.5, 0.6) is 11.5 Å². The Labute approximate surface area is 214 Å². The maximum absolute atomic E-state index is 13.1. The molecule has 4 rings (SSSR count). The zero-order valence-electron chi connectivity index (χ0n) is 20.2. The molecule has 1 aliphatic heterocycles. The third kappa shape index (κ3) is 5.78. The minimum absolute atomic E-state index is 0.152. The fraction of sp³-hybridized carbons (Fsp3) is 0.179. The van der Waals surface area contributed by atoms with Crippen molar-refractivity contribution in [3.8, 4) is 11.5 Å². The SMILES string of the molecule is COc1cc(C=C2C(=O)NC(=O)N(c3cccc(C)c3)C2=O)ccc1OCCSc1ccc(C)cc1. The van der Waals surface area contributed by atoms with Crippen LogP contribution >= 0.6 is 11.8 Å². The average Bonchev–Trinajstić information content (AvgIpc) is 2.86. The molecule has 3 aromatic carbocycles. The lowest BCUT2D eigenvalue weighted by molar-refractivity contribution is -0.122. The highest BCUT2D eigenvalue weighted by atomic mass is 32.2. The number of ether oxygens (including phenoxy) is 2. The number of aryl methyl sites for hydroxylation is 2. The lowest BCUT2D eigenvalue weighted by Gasteiger charge is -2.26. The van der Waals surface area contributed by atoms with Crippen LogP contribution in [0, 0.1) is 13.8 Å². The second-order valence-electron chi connectivity index (χ2n) is 8.22. The molecule has 1 aliphatic rings. The molecule has 4 amide bonds. The fourth-order valence-corrected chi connectivity index (χ4v) is 4.40. The second kappa shape index (κ2) is 11.1. The summed E-state index contributed by atoms with van der Waals surface area (Å²) >= 11 is 1.70. The Morgan fingerprint density at radius 2 is 1.69 bits per heavy atom. The standard InChI is InChI=1S/C28H26N2O5S/c1-18-7-10-22(11-8-18)36-14-13-35-24-12-9-20(17-25(24)34-3)16-23-26(31)29-28(33)30(27(23)32)21-6-4-5-19(2)15-21/h4-12,15-17H,13-14H2,1-3H3,(H,29,31,33). The predicted molar refractivity (Wildman–Crippen MR) is 141 cm³/mol. The third-order valence-corrected chi connectivity index (χ3v) is 6.47. The zero-order chi connectivity index (χ0) is 25.7. The van der Waals surface area contributed by atoms with Gasteiger partial charge in [0.25, 0.3) is 11.8 Å². The van der Waals surface area contributed by atoms with Gasteiger partial charge in [-0.3, -0.25) is 14.9 Å². The van der Waals surface area contributed by atoms with Crippen molar-refractivity contribution in [2.75, 3.05) is 24.4 Å². The number of hydrogen-bond donors (Lipinski definition) is 1. The van der Waals surface area contributed by atoms with Crippen LogP contribution in [-0.4, -0.2) is 37.3 Å². The molecule has 1 fully saturated rings. The van der Waals surface area contributed by atoms with E-state index in [4.69, 9.17) is 9.47 Å². The highest BCUT2D eigenvalue weighted by Crippen LogP contribution is 2.30. The Balaban J connectivity index is 1.48. The quantitative estimate of drug-likeness (QED) is 0.199. The van der Waals surface area contributed by atoms with Crippen molar-refractivity contribution < 1.29 is 23.9 Å². The first kappa shape index (κ1) is 25.1. The van der Waals surface area contributed by atoms with E-state index in [0.29, 0.717) is 29.4 Å². The lowest BCUT2D eigenvalue weighted by atomic mass is 10.1. The molecule has 0 spiro atoms. The lowest BCUT2D eigenvalue weighted by Crippen LogP contribution is -2.54. The molecule has 0 radical (unpaired) electrons. The van der Waals surface area contributed by atoms with Crippen molar-refractivity contribution in [2.24, 2.45) is 0 Å². The molecule has 8 heteroatoms. The molecule has 1 N–H and O–H groups in total. The van der Waals surface area contributed by atoms with Gasteiger partial charge in [0.1, 0.15) is 5.57 Å². The minimum atomic E-state index is -0.780. The summed E-state index contributed by atoms with van der Waals surface area (Å²) in [6, 6.07) is 19.6. The number of hydrogen-bond acceptors (Lipinski definition) is 6. The monoisotopic (exact) mass is 502 g/mol. The summed E-state index contributed by atoms with van der Waals surface area (Å²) in [7, 11) is 1.52. The number of barbiturate groups is 1. The van der Waals surface area contributed by atoms with Crippen LogP contribution in [0.3, 0.4) is 0 Å². The van der Waals surface area contributed by atoms with Gasteiger partial charge in [-0.25, -0.2) is 9.69 Å². The molecule has 0 unspecified atom stereocenters. The fourth-order valence-electron chi connectivity index (χ4n) is 3.66. The van der Waals surface area contributed by atoms with Crippen LogP contribution in [0.25, 0.3) is 6.08 Å². The molecule has 184 valence electrons. The van der Waals surface area contributed by atoms with E-state index >= 15 is 0 Å². The van der Waals surface area contributed by atoms with E-state index < -0.39 is 17.8 Å². The minimum Gasteiger partial charge on any atom is -0.493 e. The van der Waals surface area contributed by atoms with Crippen LogP contribution in [0.15, 0.2) is 77.2 Å². The topological polar surface area (TPSA) is 84.9 Å². The van der Waals surface area contributed by atoms with Crippen molar-refractivity contribution in [3.05, 3.63) is 89.0 Å².